The molecule has 0 unspecified atom stereocenters. The van der Waals surface area contributed by atoms with E-state index in [0.29, 0.717) is 0 Å². The number of nitrogens with zero attached hydrogens (tertiary/aromatic N) is 1. The van der Waals surface area contributed by atoms with Crippen LogP contribution in [0.2, 0.25) is 0 Å². The Balaban J connectivity index is 1.09. The third-order valence-electron chi connectivity index (χ3n) is 12.5. The Bertz CT molecular complexity index is 3790. The van der Waals surface area contributed by atoms with E-state index in [-0.39, 0.29) is 0 Å². The summed E-state index contributed by atoms with van der Waals surface area (Å²) >= 11 is 0. The molecule has 13 aromatic rings. The Morgan fingerprint density at radius 1 is 0.259 bits per heavy atom. The van der Waals surface area contributed by atoms with Crippen LogP contribution >= 0.6 is 0 Å². The third-order valence-corrected chi connectivity index (χ3v) is 12.5. The smallest absolute Gasteiger partial charge is 0.135 e. The molecule has 1 heterocycles. The number of benzene rings is 11. The predicted molar refractivity (Wildman–Crippen MR) is 248 cm³/mol. The predicted octanol–water partition coefficient (Wildman–Crippen LogP) is 16.2. The first-order valence-corrected chi connectivity index (χ1v) is 20.0. The highest BCUT2D eigenvalue weighted by molar-refractivity contribution is 6.37. The molecule has 0 aliphatic rings. The van der Waals surface area contributed by atoms with Gasteiger partial charge in [0.2, 0.25) is 0 Å². The van der Waals surface area contributed by atoms with E-state index in [1.54, 1.807) is 0 Å². The summed E-state index contributed by atoms with van der Waals surface area (Å²) in [6.07, 6.45) is 0. The van der Waals surface area contributed by atoms with Crippen LogP contribution < -0.4 is 4.90 Å². The summed E-state index contributed by atoms with van der Waals surface area (Å²) in [5, 5.41) is 20.0. The number of anilines is 3. The van der Waals surface area contributed by atoms with E-state index in [1.165, 1.54) is 75.4 Å². The van der Waals surface area contributed by atoms with E-state index in [0.717, 1.165) is 50.1 Å². The van der Waals surface area contributed by atoms with Crippen molar-refractivity contribution in [3.8, 4) is 11.1 Å². The molecule has 13 rings (SSSR count). The van der Waals surface area contributed by atoms with Gasteiger partial charge in [-0.15, -0.1) is 0 Å². The molecular weight excluding hydrogens is 703 g/mol. The minimum Gasteiger partial charge on any atom is -0.456 e. The molecular formula is C56H33NO. The first-order chi connectivity index (χ1) is 28.7. The zero-order valence-corrected chi connectivity index (χ0v) is 31.4. The van der Waals surface area contributed by atoms with Crippen LogP contribution in [0.3, 0.4) is 0 Å². The Morgan fingerprint density at radius 3 is 1.48 bits per heavy atom. The van der Waals surface area contributed by atoms with Crippen molar-refractivity contribution in [2.75, 3.05) is 4.90 Å². The summed E-state index contributed by atoms with van der Waals surface area (Å²) < 4.78 is 6.16. The maximum Gasteiger partial charge on any atom is 0.135 e. The molecule has 0 spiro atoms. The molecule has 1 aromatic heterocycles. The van der Waals surface area contributed by atoms with Gasteiger partial charge in [-0.05, 0) is 141 Å². The van der Waals surface area contributed by atoms with E-state index >= 15 is 0 Å². The molecule has 0 saturated carbocycles. The summed E-state index contributed by atoms with van der Waals surface area (Å²) in [6, 6.07) is 73.7. The third kappa shape index (κ3) is 4.54. The number of furan rings is 1. The fraction of sp³-hybridized carbons (Fsp3) is 0. The zero-order chi connectivity index (χ0) is 37.9. The van der Waals surface area contributed by atoms with Crippen LogP contribution in [0.1, 0.15) is 0 Å². The van der Waals surface area contributed by atoms with Gasteiger partial charge in [-0.25, -0.2) is 0 Å². The molecule has 0 N–H and O–H groups in total. The SMILES string of the molecule is c1ccc2cc(N(c3ccc(-c4ccc5oc6ccccc6c5c4)cc3)c3cc4ccc5cccc6c7cccc8ccc9cccc(c(c3)c4c56)c9c87)ccc2c1. The fourth-order valence-corrected chi connectivity index (χ4v) is 9.87. The zero-order valence-electron chi connectivity index (χ0n) is 31.4. The van der Waals surface area contributed by atoms with Crippen LogP contribution in [-0.2, 0) is 0 Å². The van der Waals surface area contributed by atoms with E-state index in [4.69, 9.17) is 4.42 Å². The number of para-hydroxylation sites is 1. The van der Waals surface area contributed by atoms with Crippen molar-refractivity contribution in [2.24, 2.45) is 0 Å². The summed E-state index contributed by atoms with van der Waals surface area (Å²) in [5.74, 6) is 0. The first-order valence-electron chi connectivity index (χ1n) is 20.0. The lowest BCUT2D eigenvalue weighted by Gasteiger charge is -2.27. The standard InChI is InChI=1S/C56H33NO/c1-2-9-39-30-43(28-24-34(39)8-1)57(42-26-22-35(23-27-42)40-25-29-52-49(32-40)45-13-3-4-17-51(45)58-52)44-31-41-21-20-38-11-6-15-47-46-14-5-10-36-18-19-37-12-7-16-48(55(37)53(36)46)50(33-44)56(41)54(38)47/h1-33H. The summed E-state index contributed by atoms with van der Waals surface area (Å²) in [6.45, 7) is 0. The maximum atomic E-state index is 6.16. The van der Waals surface area contributed by atoms with Gasteiger partial charge in [0.15, 0.2) is 0 Å². The average molecular weight is 736 g/mol. The molecule has 0 saturated heterocycles. The number of fused-ring (bicyclic) bond motifs is 6. The largest absolute Gasteiger partial charge is 0.456 e. The monoisotopic (exact) mass is 735 g/mol. The number of hydrogen-bond donors (Lipinski definition) is 0. The highest BCUT2D eigenvalue weighted by atomic mass is 16.3. The van der Waals surface area contributed by atoms with E-state index in [2.05, 4.69) is 193 Å². The normalized spacial score (nSPS) is 12.1. The molecule has 0 aliphatic heterocycles. The van der Waals surface area contributed by atoms with Gasteiger partial charge in [0.1, 0.15) is 11.2 Å². The van der Waals surface area contributed by atoms with E-state index in [9.17, 15) is 0 Å². The molecule has 0 aliphatic carbocycles. The van der Waals surface area contributed by atoms with Crippen molar-refractivity contribution in [2.45, 2.75) is 0 Å². The van der Waals surface area contributed by atoms with Crippen LogP contribution in [0.4, 0.5) is 17.1 Å². The maximum absolute atomic E-state index is 6.16. The average Bonchev–Trinajstić information content (AvgIpc) is 3.66. The van der Waals surface area contributed by atoms with Crippen LogP contribution in [0, 0.1) is 0 Å². The molecule has 12 aromatic carbocycles. The first kappa shape index (κ1) is 31.5. The second-order valence-corrected chi connectivity index (χ2v) is 15.7. The Hall–Kier alpha value is -7.68. The Labute approximate surface area is 333 Å². The second kappa shape index (κ2) is 11.9. The van der Waals surface area contributed by atoms with Gasteiger partial charge in [-0.3, -0.25) is 0 Å². The summed E-state index contributed by atoms with van der Waals surface area (Å²) in [7, 11) is 0. The van der Waals surface area contributed by atoms with E-state index in [1.807, 2.05) is 12.1 Å². The Morgan fingerprint density at radius 2 is 0.759 bits per heavy atom. The van der Waals surface area contributed by atoms with Crippen LogP contribution in [0.5, 0.6) is 0 Å². The lowest BCUT2D eigenvalue weighted by atomic mass is 9.87. The van der Waals surface area contributed by atoms with Gasteiger partial charge in [0.05, 0.1) is 0 Å². The summed E-state index contributed by atoms with van der Waals surface area (Å²) in [5.41, 5.74) is 7.47. The van der Waals surface area contributed by atoms with Crippen LogP contribution in [-0.4, -0.2) is 0 Å². The lowest BCUT2D eigenvalue weighted by Crippen LogP contribution is -2.10. The molecule has 0 bridgehead atoms. The second-order valence-electron chi connectivity index (χ2n) is 15.7. The highest BCUT2D eigenvalue weighted by Crippen LogP contribution is 2.46. The molecule has 2 nitrogen and oxygen atoms in total. The highest BCUT2D eigenvalue weighted by Gasteiger charge is 2.20. The molecule has 268 valence electrons. The van der Waals surface area contributed by atoms with Gasteiger partial charge < -0.3 is 9.32 Å². The van der Waals surface area contributed by atoms with Gasteiger partial charge in [0, 0.05) is 27.8 Å². The van der Waals surface area contributed by atoms with Crippen LogP contribution in [0.15, 0.2) is 205 Å². The van der Waals surface area contributed by atoms with Crippen molar-refractivity contribution in [3.63, 3.8) is 0 Å². The topological polar surface area (TPSA) is 16.4 Å². The molecule has 0 amide bonds. The van der Waals surface area contributed by atoms with Crippen LogP contribution in [0.25, 0.3) is 108 Å². The minimum atomic E-state index is 0.908. The van der Waals surface area contributed by atoms with E-state index < -0.39 is 0 Å². The van der Waals surface area contributed by atoms with Crippen molar-refractivity contribution < 1.29 is 4.42 Å². The molecule has 58 heavy (non-hydrogen) atoms. The molecule has 0 radical (unpaired) electrons. The van der Waals surface area contributed by atoms with Crippen molar-refractivity contribution in [1.82, 2.24) is 0 Å². The van der Waals surface area contributed by atoms with Gasteiger partial charge in [0.25, 0.3) is 0 Å². The Kier molecular flexibility index (Phi) is 6.47. The molecule has 0 fully saturated rings. The molecule has 2 heteroatoms. The van der Waals surface area contributed by atoms with Crippen molar-refractivity contribution >= 4 is 114 Å². The van der Waals surface area contributed by atoms with Gasteiger partial charge >= 0.3 is 0 Å². The van der Waals surface area contributed by atoms with Crippen molar-refractivity contribution in [3.05, 3.63) is 200 Å². The number of rotatable bonds is 4. The van der Waals surface area contributed by atoms with Gasteiger partial charge in [-0.1, -0.05) is 146 Å². The summed E-state index contributed by atoms with van der Waals surface area (Å²) in [4.78, 5) is 2.43. The lowest BCUT2D eigenvalue weighted by molar-refractivity contribution is 0.669. The van der Waals surface area contributed by atoms with Crippen molar-refractivity contribution in [1.29, 1.82) is 0 Å². The number of hydrogen-bond acceptors (Lipinski definition) is 2. The van der Waals surface area contributed by atoms with Gasteiger partial charge in [-0.2, -0.15) is 0 Å². The fourth-order valence-electron chi connectivity index (χ4n) is 9.87. The molecule has 0 atom stereocenters. The minimum absolute atomic E-state index is 0.908. The quantitative estimate of drug-likeness (QED) is 0.167.